The Morgan fingerprint density at radius 1 is 1.25 bits per heavy atom. The van der Waals surface area contributed by atoms with Crippen molar-refractivity contribution in [1.82, 2.24) is 0 Å². The Hall–Kier alpha value is -1.36. The molecule has 88 valence electrons. The molecule has 0 bridgehead atoms. The van der Waals surface area contributed by atoms with Gasteiger partial charge in [0.05, 0.1) is 0 Å². The second kappa shape index (κ2) is 4.25. The molecule has 1 N–H and O–H groups in total. The van der Waals surface area contributed by atoms with Crippen LogP contribution in [0, 0.1) is 0 Å². The Labute approximate surface area is 90.7 Å². The summed E-state index contributed by atoms with van der Waals surface area (Å²) in [6.07, 6.45) is -5.78. The van der Waals surface area contributed by atoms with Crippen LogP contribution in [0.5, 0.6) is 0 Å². The number of benzene rings is 1. The highest BCUT2D eigenvalue weighted by atomic mass is 19.4. The lowest BCUT2D eigenvalue weighted by Crippen LogP contribution is -2.43. The van der Waals surface area contributed by atoms with Crippen molar-refractivity contribution in [3.05, 3.63) is 35.9 Å². The Balaban J connectivity index is 2.80. The van der Waals surface area contributed by atoms with Crippen LogP contribution in [-0.4, -0.2) is 22.7 Å². The van der Waals surface area contributed by atoms with Gasteiger partial charge in [-0.25, -0.2) is 0 Å². The second-order valence-electron chi connectivity index (χ2n) is 3.74. The topological polar surface area (TPSA) is 37.3 Å². The first-order valence-corrected chi connectivity index (χ1v) is 4.61. The summed E-state index contributed by atoms with van der Waals surface area (Å²) in [6, 6.07) is 7.58. The molecule has 0 aliphatic rings. The predicted octanol–water partition coefficient (Wildman–Crippen LogP) is 2.57. The zero-order valence-electron chi connectivity index (χ0n) is 8.58. The summed E-state index contributed by atoms with van der Waals surface area (Å²) in [5.74, 6) is -0.733. The van der Waals surface area contributed by atoms with Crippen LogP contribution in [-0.2, 0) is 0 Å². The van der Waals surface area contributed by atoms with Gasteiger partial charge < -0.3 is 5.11 Å². The van der Waals surface area contributed by atoms with E-state index in [0.29, 0.717) is 6.92 Å². The number of ketones is 1. The van der Waals surface area contributed by atoms with Gasteiger partial charge >= 0.3 is 6.18 Å². The molecule has 16 heavy (non-hydrogen) atoms. The fraction of sp³-hybridized carbons (Fsp3) is 0.364. The summed E-state index contributed by atoms with van der Waals surface area (Å²) in [7, 11) is 0. The molecule has 0 saturated heterocycles. The molecular formula is C11H11F3O2. The van der Waals surface area contributed by atoms with Crippen molar-refractivity contribution in [2.24, 2.45) is 0 Å². The summed E-state index contributed by atoms with van der Waals surface area (Å²) in [5, 5.41) is 9.14. The Morgan fingerprint density at radius 3 is 2.19 bits per heavy atom. The fourth-order valence-corrected chi connectivity index (χ4v) is 1.14. The molecule has 0 radical (unpaired) electrons. The number of rotatable bonds is 3. The minimum absolute atomic E-state index is 0.159. The highest BCUT2D eigenvalue weighted by molar-refractivity contribution is 5.96. The van der Waals surface area contributed by atoms with Crippen LogP contribution in [0.2, 0.25) is 0 Å². The van der Waals surface area contributed by atoms with Crippen LogP contribution in [0.4, 0.5) is 13.2 Å². The SMILES string of the molecule is CC(O)(CC(=O)c1ccccc1)C(F)(F)F. The number of hydrogen-bond donors (Lipinski definition) is 1. The van der Waals surface area contributed by atoms with E-state index in [4.69, 9.17) is 5.11 Å². The maximum absolute atomic E-state index is 12.3. The van der Waals surface area contributed by atoms with E-state index in [2.05, 4.69) is 0 Å². The van der Waals surface area contributed by atoms with Crippen molar-refractivity contribution >= 4 is 5.78 Å². The summed E-state index contributed by atoms with van der Waals surface area (Å²) >= 11 is 0. The predicted molar refractivity (Wildman–Crippen MR) is 52.1 cm³/mol. The van der Waals surface area contributed by atoms with Crippen LogP contribution >= 0.6 is 0 Å². The number of carbonyl (C=O) groups excluding carboxylic acids is 1. The van der Waals surface area contributed by atoms with E-state index in [1.165, 1.54) is 12.1 Å². The first-order valence-electron chi connectivity index (χ1n) is 4.61. The first-order chi connectivity index (χ1) is 7.24. The molecule has 5 heteroatoms. The molecule has 1 unspecified atom stereocenters. The van der Waals surface area contributed by atoms with E-state index >= 15 is 0 Å². The molecule has 1 atom stereocenters. The summed E-state index contributed by atoms with van der Waals surface area (Å²) < 4.78 is 36.9. The van der Waals surface area contributed by atoms with Gasteiger partial charge in [0, 0.05) is 12.0 Å². The van der Waals surface area contributed by atoms with Crippen molar-refractivity contribution in [2.75, 3.05) is 0 Å². The molecular weight excluding hydrogens is 221 g/mol. The minimum Gasteiger partial charge on any atom is -0.380 e. The van der Waals surface area contributed by atoms with Gasteiger partial charge in [0.25, 0.3) is 0 Å². The van der Waals surface area contributed by atoms with E-state index in [-0.39, 0.29) is 5.56 Å². The van der Waals surface area contributed by atoms with Crippen molar-refractivity contribution in [3.63, 3.8) is 0 Å². The first kappa shape index (κ1) is 12.7. The van der Waals surface area contributed by atoms with Crippen molar-refractivity contribution in [2.45, 2.75) is 25.1 Å². The van der Waals surface area contributed by atoms with Gasteiger partial charge in [0.1, 0.15) is 0 Å². The maximum atomic E-state index is 12.3. The largest absolute Gasteiger partial charge is 0.417 e. The average Bonchev–Trinajstić information content (AvgIpc) is 2.16. The van der Waals surface area contributed by atoms with E-state index in [9.17, 15) is 18.0 Å². The van der Waals surface area contributed by atoms with Crippen LogP contribution in [0.25, 0.3) is 0 Å². The maximum Gasteiger partial charge on any atom is 0.417 e. The van der Waals surface area contributed by atoms with Gasteiger partial charge in [-0.15, -0.1) is 0 Å². The molecule has 0 aliphatic carbocycles. The van der Waals surface area contributed by atoms with Gasteiger partial charge in [-0.1, -0.05) is 30.3 Å². The molecule has 2 nitrogen and oxygen atoms in total. The summed E-state index contributed by atoms with van der Waals surface area (Å²) in [6.45, 7) is 0.591. The lowest BCUT2D eigenvalue weighted by molar-refractivity contribution is -0.250. The molecule has 0 heterocycles. The molecule has 0 saturated carbocycles. The normalized spacial score (nSPS) is 15.6. The molecule has 0 fully saturated rings. The van der Waals surface area contributed by atoms with E-state index in [1.807, 2.05) is 0 Å². The summed E-state index contributed by atoms with van der Waals surface area (Å²) in [4.78, 5) is 11.4. The number of hydrogen-bond acceptors (Lipinski definition) is 2. The lowest BCUT2D eigenvalue weighted by Gasteiger charge is -2.25. The quantitative estimate of drug-likeness (QED) is 0.813. The van der Waals surface area contributed by atoms with Crippen LogP contribution in [0.1, 0.15) is 23.7 Å². The van der Waals surface area contributed by atoms with Crippen molar-refractivity contribution < 1.29 is 23.1 Å². The molecule has 0 aromatic heterocycles. The van der Waals surface area contributed by atoms with E-state index < -0.39 is 24.0 Å². The van der Waals surface area contributed by atoms with Gasteiger partial charge in [-0.2, -0.15) is 13.2 Å². The zero-order chi connectivity index (χ0) is 12.4. The molecule has 0 amide bonds. The van der Waals surface area contributed by atoms with E-state index in [1.54, 1.807) is 18.2 Å². The Kier molecular flexibility index (Phi) is 3.38. The molecule has 0 spiro atoms. The molecule has 1 aromatic carbocycles. The Morgan fingerprint density at radius 2 is 1.75 bits per heavy atom. The number of alkyl halides is 3. The van der Waals surface area contributed by atoms with Crippen LogP contribution < -0.4 is 0 Å². The fourth-order valence-electron chi connectivity index (χ4n) is 1.14. The molecule has 0 aliphatic heterocycles. The van der Waals surface area contributed by atoms with Gasteiger partial charge in [0.2, 0.25) is 0 Å². The van der Waals surface area contributed by atoms with Gasteiger partial charge in [0.15, 0.2) is 11.4 Å². The third-order valence-electron chi connectivity index (χ3n) is 2.21. The monoisotopic (exact) mass is 232 g/mol. The number of carbonyl (C=O) groups is 1. The highest BCUT2D eigenvalue weighted by Crippen LogP contribution is 2.33. The Bertz CT molecular complexity index is 369. The van der Waals surface area contributed by atoms with Gasteiger partial charge in [-0.05, 0) is 6.92 Å². The number of halogens is 3. The van der Waals surface area contributed by atoms with Crippen LogP contribution in [0.15, 0.2) is 30.3 Å². The third kappa shape index (κ3) is 2.82. The lowest BCUT2D eigenvalue weighted by atomic mass is 9.95. The van der Waals surface area contributed by atoms with Crippen molar-refractivity contribution in [1.29, 1.82) is 0 Å². The summed E-state index contributed by atoms with van der Waals surface area (Å²) in [5.41, 5.74) is -2.83. The zero-order valence-corrected chi connectivity index (χ0v) is 8.58. The highest BCUT2D eigenvalue weighted by Gasteiger charge is 2.50. The number of aliphatic hydroxyl groups is 1. The number of Topliss-reactive ketones (excluding diaryl/α,β-unsaturated/α-hetero) is 1. The van der Waals surface area contributed by atoms with Gasteiger partial charge in [-0.3, -0.25) is 4.79 Å². The average molecular weight is 232 g/mol. The second-order valence-corrected chi connectivity index (χ2v) is 3.74. The minimum atomic E-state index is -4.81. The standard InChI is InChI=1S/C11H11F3O2/c1-10(16,11(12,13)14)7-9(15)8-5-3-2-4-6-8/h2-6,16H,7H2,1H3. The van der Waals surface area contributed by atoms with Crippen LogP contribution in [0.3, 0.4) is 0 Å². The third-order valence-corrected chi connectivity index (χ3v) is 2.21. The molecule has 1 aromatic rings. The van der Waals surface area contributed by atoms with E-state index in [0.717, 1.165) is 0 Å². The smallest absolute Gasteiger partial charge is 0.380 e. The van der Waals surface area contributed by atoms with Crippen molar-refractivity contribution in [3.8, 4) is 0 Å². The molecule has 1 rings (SSSR count).